The van der Waals surface area contributed by atoms with E-state index in [1.807, 2.05) is 24.3 Å². The number of ether oxygens (including phenoxy) is 2. The third-order valence-electron chi connectivity index (χ3n) is 5.19. The minimum absolute atomic E-state index is 0.0647. The summed E-state index contributed by atoms with van der Waals surface area (Å²) in [5.74, 6) is 2.02. The standard InChI is InChI=1S/C20H19N3O3/c24-20-14-4-2-1-3-13(14)18-16(7-8-22-19(18)23-20)26-12-5-6-15-17(11-12)25-10-9-21-15/h5-8,11,14,21H,1-4,9-10H2. The molecule has 1 N–H and O–H groups in total. The average Bonchev–Trinajstić information content (AvgIpc) is 2.68. The number of hydrogen-bond acceptors (Lipinski definition) is 5. The van der Waals surface area contributed by atoms with Gasteiger partial charge in [-0.3, -0.25) is 4.79 Å². The number of anilines is 1. The molecular weight excluding hydrogens is 330 g/mol. The fourth-order valence-electron chi connectivity index (χ4n) is 3.98. The zero-order valence-corrected chi connectivity index (χ0v) is 14.3. The van der Waals surface area contributed by atoms with Gasteiger partial charge in [0.2, 0.25) is 0 Å². The van der Waals surface area contributed by atoms with Gasteiger partial charge in [-0.15, -0.1) is 0 Å². The Labute approximate surface area is 150 Å². The summed E-state index contributed by atoms with van der Waals surface area (Å²) in [6.45, 7) is 1.45. The number of fused-ring (bicyclic) bond motifs is 3. The van der Waals surface area contributed by atoms with Gasteiger partial charge in [0.05, 0.1) is 16.8 Å². The van der Waals surface area contributed by atoms with E-state index in [1.54, 1.807) is 6.20 Å². The summed E-state index contributed by atoms with van der Waals surface area (Å²) in [4.78, 5) is 20.9. The van der Waals surface area contributed by atoms with Gasteiger partial charge in [0.1, 0.15) is 23.9 Å². The van der Waals surface area contributed by atoms with E-state index >= 15 is 0 Å². The van der Waals surface area contributed by atoms with Crippen LogP contribution in [0.5, 0.6) is 17.2 Å². The van der Waals surface area contributed by atoms with Gasteiger partial charge in [-0.2, -0.15) is 4.99 Å². The molecule has 0 radical (unpaired) electrons. The van der Waals surface area contributed by atoms with Gasteiger partial charge in [0.25, 0.3) is 5.91 Å². The number of benzene rings is 1. The lowest BCUT2D eigenvalue weighted by atomic mass is 9.81. The summed E-state index contributed by atoms with van der Waals surface area (Å²) in [7, 11) is 0. The summed E-state index contributed by atoms with van der Waals surface area (Å²) in [5, 5.41) is 4.20. The number of pyridine rings is 1. The largest absolute Gasteiger partial charge is 0.489 e. The Morgan fingerprint density at radius 2 is 2.19 bits per heavy atom. The zero-order valence-electron chi connectivity index (χ0n) is 14.3. The molecule has 1 atom stereocenters. The predicted octanol–water partition coefficient (Wildman–Crippen LogP) is 2.18. The zero-order chi connectivity index (χ0) is 17.5. The fraction of sp³-hybridized carbons (Fsp3) is 0.350. The Bertz CT molecular complexity index is 1020. The van der Waals surface area contributed by atoms with Crippen molar-refractivity contribution in [3.63, 3.8) is 0 Å². The monoisotopic (exact) mass is 349 g/mol. The lowest BCUT2D eigenvalue weighted by molar-refractivity contribution is -0.120. The quantitative estimate of drug-likeness (QED) is 0.900. The molecule has 1 amide bonds. The number of carbonyl (C=O) groups excluding carboxylic acids is 1. The van der Waals surface area contributed by atoms with Crippen molar-refractivity contribution in [3.8, 4) is 17.2 Å². The van der Waals surface area contributed by atoms with Crippen LogP contribution in [0.15, 0.2) is 35.5 Å². The van der Waals surface area contributed by atoms with Crippen LogP contribution in [-0.2, 0) is 4.79 Å². The van der Waals surface area contributed by atoms with Crippen LogP contribution in [0.1, 0.15) is 25.7 Å². The van der Waals surface area contributed by atoms with Crippen LogP contribution in [-0.4, -0.2) is 24.0 Å². The molecule has 1 saturated carbocycles. The van der Waals surface area contributed by atoms with Crippen molar-refractivity contribution in [3.05, 3.63) is 41.2 Å². The summed E-state index contributed by atoms with van der Waals surface area (Å²) in [5.41, 5.74) is 2.59. The lowest BCUT2D eigenvalue weighted by Gasteiger charge is -2.25. The molecule has 2 aliphatic heterocycles. The number of nitrogens with one attached hydrogen (secondary N) is 1. The minimum Gasteiger partial charge on any atom is -0.489 e. The van der Waals surface area contributed by atoms with Crippen LogP contribution >= 0.6 is 0 Å². The first-order valence-electron chi connectivity index (χ1n) is 9.09. The maximum absolute atomic E-state index is 12.3. The van der Waals surface area contributed by atoms with E-state index in [1.165, 1.54) is 0 Å². The Kier molecular flexibility index (Phi) is 3.62. The molecule has 26 heavy (non-hydrogen) atoms. The average molecular weight is 349 g/mol. The molecule has 132 valence electrons. The number of hydrogen-bond donors (Lipinski definition) is 1. The second-order valence-electron chi connectivity index (χ2n) is 6.82. The molecule has 1 aromatic carbocycles. The van der Waals surface area contributed by atoms with Gasteiger partial charge in [-0.25, -0.2) is 4.98 Å². The van der Waals surface area contributed by atoms with E-state index < -0.39 is 0 Å². The van der Waals surface area contributed by atoms with E-state index in [4.69, 9.17) is 9.47 Å². The number of nitrogens with zero attached hydrogens (tertiary/aromatic N) is 2. The Morgan fingerprint density at radius 3 is 3.15 bits per heavy atom. The maximum Gasteiger partial charge on any atom is 0.254 e. The SMILES string of the molecule is O=C1N=c2nccc(Oc3ccc4c(c3)OCCN4)c2=C2CCCCC12. The highest BCUT2D eigenvalue weighted by molar-refractivity contribution is 5.90. The smallest absolute Gasteiger partial charge is 0.254 e. The van der Waals surface area contributed by atoms with Gasteiger partial charge >= 0.3 is 0 Å². The molecular formula is C20H19N3O3. The van der Waals surface area contributed by atoms with Crippen LogP contribution in [0.2, 0.25) is 0 Å². The van der Waals surface area contributed by atoms with E-state index in [0.717, 1.165) is 54.5 Å². The van der Waals surface area contributed by atoms with Gasteiger partial charge in [0.15, 0.2) is 5.49 Å². The molecule has 1 fully saturated rings. The fourth-order valence-corrected chi connectivity index (χ4v) is 3.98. The first kappa shape index (κ1) is 15.4. The molecule has 1 aliphatic carbocycles. The lowest BCUT2D eigenvalue weighted by Crippen LogP contribution is -2.41. The molecule has 1 unspecified atom stereocenters. The van der Waals surface area contributed by atoms with Crippen LogP contribution in [0.25, 0.3) is 5.57 Å². The maximum atomic E-state index is 12.3. The normalized spacial score (nSPS) is 20.7. The topological polar surface area (TPSA) is 72.8 Å². The Balaban J connectivity index is 1.61. The Morgan fingerprint density at radius 1 is 1.23 bits per heavy atom. The van der Waals surface area contributed by atoms with E-state index in [2.05, 4.69) is 15.3 Å². The van der Waals surface area contributed by atoms with Crippen molar-refractivity contribution >= 4 is 17.2 Å². The molecule has 6 heteroatoms. The van der Waals surface area contributed by atoms with Crippen LogP contribution in [0, 0.1) is 5.92 Å². The molecule has 5 rings (SSSR count). The van der Waals surface area contributed by atoms with Gasteiger partial charge in [0, 0.05) is 18.8 Å². The van der Waals surface area contributed by atoms with Crippen molar-refractivity contribution in [2.24, 2.45) is 10.9 Å². The summed E-state index contributed by atoms with van der Waals surface area (Å²) in [6.07, 6.45) is 5.56. The molecule has 2 aromatic rings. The minimum atomic E-state index is -0.112. The highest BCUT2D eigenvalue weighted by Gasteiger charge is 2.30. The number of rotatable bonds is 2. The van der Waals surface area contributed by atoms with Crippen LogP contribution < -0.4 is 25.5 Å². The molecule has 0 saturated heterocycles. The number of amides is 1. The van der Waals surface area contributed by atoms with E-state index in [0.29, 0.717) is 23.6 Å². The molecule has 6 nitrogen and oxygen atoms in total. The van der Waals surface area contributed by atoms with E-state index in [-0.39, 0.29) is 11.8 Å². The highest BCUT2D eigenvalue weighted by Crippen LogP contribution is 2.34. The van der Waals surface area contributed by atoms with Crippen LogP contribution in [0.3, 0.4) is 0 Å². The van der Waals surface area contributed by atoms with Crippen molar-refractivity contribution in [1.29, 1.82) is 0 Å². The van der Waals surface area contributed by atoms with Gasteiger partial charge < -0.3 is 14.8 Å². The number of aromatic nitrogens is 1. The van der Waals surface area contributed by atoms with Gasteiger partial charge in [-0.05, 0) is 43.0 Å². The molecule has 3 heterocycles. The van der Waals surface area contributed by atoms with Crippen molar-refractivity contribution < 1.29 is 14.3 Å². The third-order valence-corrected chi connectivity index (χ3v) is 5.19. The molecule has 0 spiro atoms. The summed E-state index contributed by atoms with van der Waals surface area (Å²) < 4.78 is 11.9. The van der Waals surface area contributed by atoms with Crippen molar-refractivity contribution in [2.45, 2.75) is 25.7 Å². The predicted molar refractivity (Wildman–Crippen MR) is 95.9 cm³/mol. The first-order valence-corrected chi connectivity index (χ1v) is 9.09. The second-order valence-corrected chi connectivity index (χ2v) is 6.82. The molecule has 0 bridgehead atoms. The summed E-state index contributed by atoms with van der Waals surface area (Å²) in [6, 6.07) is 7.62. The first-order chi connectivity index (χ1) is 12.8. The molecule has 1 aromatic heterocycles. The summed E-state index contributed by atoms with van der Waals surface area (Å²) >= 11 is 0. The van der Waals surface area contributed by atoms with E-state index in [9.17, 15) is 4.79 Å². The molecule has 3 aliphatic rings. The number of carbonyl (C=O) groups is 1. The Hall–Kier alpha value is -2.89. The van der Waals surface area contributed by atoms with Crippen molar-refractivity contribution in [2.75, 3.05) is 18.5 Å². The van der Waals surface area contributed by atoms with Gasteiger partial charge in [-0.1, -0.05) is 6.42 Å². The van der Waals surface area contributed by atoms with Crippen LogP contribution in [0.4, 0.5) is 5.69 Å². The van der Waals surface area contributed by atoms with Crippen molar-refractivity contribution in [1.82, 2.24) is 4.98 Å². The third kappa shape index (κ3) is 2.53. The highest BCUT2D eigenvalue weighted by atomic mass is 16.5. The second kappa shape index (κ2) is 6.12.